The topological polar surface area (TPSA) is 77.0 Å². The summed E-state index contributed by atoms with van der Waals surface area (Å²) in [4.78, 5) is 24.1. The second-order valence-electron chi connectivity index (χ2n) is 8.13. The maximum atomic E-state index is 12.3. The molecule has 0 heterocycles. The molecule has 1 saturated carbocycles. The number of benzene rings is 2. The van der Waals surface area contributed by atoms with E-state index >= 15 is 0 Å². The smallest absolute Gasteiger partial charge is 0.314 e. The molecule has 0 spiro atoms. The molecule has 152 valence electrons. The number of methoxy groups -OCH3 is 1. The highest BCUT2D eigenvalue weighted by Gasteiger charge is 2.32. The Kier molecular flexibility index (Phi) is 6.01. The van der Waals surface area contributed by atoms with Crippen LogP contribution in [0.25, 0.3) is 0 Å². The molecule has 1 aliphatic rings. The quantitative estimate of drug-likeness (QED) is 0.347. The van der Waals surface area contributed by atoms with E-state index in [9.17, 15) is 9.59 Å². The molecular formula is C23H26N2O4. The Morgan fingerprint density at radius 2 is 1.76 bits per heavy atom. The summed E-state index contributed by atoms with van der Waals surface area (Å²) >= 11 is 0. The molecule has 2 aromatic rings. The number of rotatable bonds is 6. The summed E-state index contributed by atoms with van der Waals surface area (Å²) in [7, 11) is 1.51. The fourth-order valence-corrected chi connectivity index (χ4v) is 2.71. The molecule has 3 rings (SSSR count). The monoisotopic (exact) mass is 394 g/mol. The second kappa shape index (κ2) is 8.47. The van der Waals surface area contributed by atoms with E-state index < -0.39 is 0 Å². The third-order valence-corrected chi connectivity index (χ3v) is 4.70. The van der Waals surface area contributed by atoms with E-state index in [1.54, 1.807) is 30.3 Å². The number of hydrogen-bond donors (Lipinski definition) is 1. The van der Waals surface area contributed by atoms with Gasteiger partial charge in [-0.15, -0.1) is 0 Å². The number of nitrogens with one attached hydrogen (secondary N) is 1. The van der Waals surface area contributed by atoms with Crippen LogP contribution in [-0.2, 0) is 10.2 Å². The van der Waals surface area contributed by atoms with Gasteiger partial charge in [0, 0.05) is 5.56 Å². The molecule has 1 aliphatic carbocycles. The first-order chi connectivity index (χ1) is 13.8. The van der Waals surface area contributed by atoms with Gasteiger partial charge in [0.15, 0.2) is 11.5 Å². The minimum Gasteiger partial charge on any atom is -0.493 e. The normalized spacial score (nSPS) is 13.9. The van der Waals surface area contributed by atoms with Crippen LogP contribution in [0.1, 0.15) is 55.1 Å². The lowest BCUT2D eigenvalue weighted by molar-refractivity contribution is -0.135. The minimum atomic E-state index is -0.288. The number of amides is 1. The van der Waals surface area contributed by atoms with Crippen molar-refractivity contribution in [1.29, 1.82) is 0 Å². The minimum absolute atomic E-state index is 0.00798. The molecule has 0 atom stereocenters. The second-order valence-corrected chi connectivity index (χ2v) is 8.13. The van der Waals surface area contributed by atoms with Crippen LogP contribution in [-0.4, -0.2) is 25.2 Å². The number of nitrogens with zero attached hydrogens (tertiary/aromatic N) is 1. The fourth-order valence-electron chi connectivity index (χ4n) is 2.71. The number of hydrogen-bond acceptors (Lipinski definition) is 5. The summed E-state index contributed by atoms with van der Waals surface area (Å²) < 4.78 is 10.7. The number of carbonyl (C=O) groups excluding carboxylic acids is 2. The van der Waals surface area contributed by atoms with Crippen molar-refractivity contribution in [2.45, 2.75) is 39.0 Å². The summed E-state index contributed by atoms with van der Waals surface area (Å²) in [5, 5.41) is 4.01. The van der Waals surface area contributed by atoms with Gasteiger partial charge in [0.2, 0.25) is 0 Å². The molecule has 29 heavy (non-hydrogen) atoms. The number of carbonyl (C=O) groups is 2. The van der Waals surface area contributed by atoms with E-state index in [-0.39, 0.29) is 23.2 Å². The summed E-state index contributed by atoms with van der Waals surface area (Å²) in [6.07, 6.45) is 3.27. The van der Waals surface area contributed by atoms with Crippen LogP contribution < -0.4 is 14.9 Å². The number of hydrazone groups is 1. The van der Waals surface area contributed by atoms with Gasteiger partial charge in [0.1, 0.15) is 0 Å². The fraction of sp³-hybridized carbons (Fsp3) is 0.348. The largest absolute Gasteiger partial charge is 0.493 e. The molecule has 0 aliphatic heterocycles. The van der Waals surface area contributed by atoms with E-state index in [4.69, 9.17) is 9.47 Å². The van der Waals surface area contributed by atoms with Gasteiger partial charge in [-0.2, -0.15) is 5.10 Å². The number of ether oxygens (including phenoxy) is 2. The van der Waals surface area contributed by atoms with E-state index in [1.807, 2.05) is 12.1 Å². The predicted octanol–water partition coefficient (Wildman–Crippen LogP) is 4.07. The zero-order chi connectivity index (χ0) is 21.0. The highest BCUT2D eigenvalue weighted by molar-refractivity contribution is 5.95. The molecule has 2 aromatic carbocycles. The van der Waals surface area contributed by atoms with Crippen molar-refractivity contribution in [1.82, 2.24) is 5.43 Å². The first-order valence-electron chi connectivity index (χ1n) is 9.61. The van der Waals surface area contributed by atoms with Crippen LogP contribution in [0.3, 0.4) is 0 Å². The van der Waals surface area contributed by atoms with E-state index in [1.165, 1.54) is 13.3 Å². The van der Waals surface area contributed by atoms with Crippen LogP contribution in [0, 0.1) is 5.92 Å². The van der Waals surface area contributed by atoms with Gasteiger partial charge in [0.05, 0.1) is 19.2 Å². The van der Waals surface area contributed by atoms with Gasteiger partial charge in [0.25, 0.3) is 5.91 Å². The van der Waals surface area contributed by atoms with E-state index in [0.717, 1.165) is 18.4 Å². The lowest BCUT2D eigenvalue weighted by Crippen LogP contribution is -2.18. The van der Waals surface area contributed by atoms with Gasteiger partial charge in [-0.3, -0.25) is 9.59 Å². The Morgan fingerprint density at radius 3 is 2.34 bits per heavy atom. The Bertz CT molecular complexity index is 923. The SMILES string of the molecule is COc1cc(/C=N\NC(=O)c2ccc(C(C)(C)C)cc2)ccc1OC(=O)C1CC1. The molecule has 0 bridgehead atoms. The zero-order valence-corrected chi connectivity index (χ0v) is 17.2. The first-order valence-corrected chi connectivity index (χ1v) is 9.61. The maximum Gasteiger partial charge on any atom is 0.314 e. The lowest BCUT2D eigenvalue weighted by atomic mass is 9.87. The van der Waals surface area contributed by atoms with Crippen LogP contribution >= 0.6 is 0 Å². The molecule has 6 heteroatoms. The Hall–Kier alpha value is -3.15. The first kappa shape index (κ1) is 20.6. The van der Waals surface area contributed by atoms with Crippen LogP contribution in [0.15, 0.2) is 47.6 Å². The van der Waals surface area contributed by atoms with Crippen LogP contribution in [0.4, 0.5) is 0 Å². The third kappa shape index (κ3) is 5.44. The molecular weight excluding hydrogens is 368 g/mol. The number of esters is 1. The maximum absolute atomic E-state index is 12.3. The molecule has 1 fully saturated rings. The van der Waals surface area contributed by atoms with E-state index in [2.05, 4.69) is 31.3 Å². The van der Waals surface area contributed by atoms with Gasteiger partial charge < -0.3 is 9.47 Å². The molecule has 0 unspecified atom stereocenters. The molecule has 0 aromatic heterocycles. The summed E-state index contributed by atoms with van der Waals surface area (Å²) in [5.41, 5.74) is 4.95. The van der Waals surface area contributed by atoms with Crippen molar-refractivity contribution in [3.8, 4) is 11.5 Å². The van der Waals surface area contributed by atoms with Crippen LogP contribution in [0.5, 0.6) is 11.5 Å². The molecule has 1 amide bonds. The van der Waals surface area contributed by atoms with Gasteiger partial charge in [-0.25, -0.2) is 5.43 Å². The zero-order valence-electron chi connectivity index (χ0n) is 17.2. The van der Waals surface area contributed by atoms with Crippen molar-refractivity contribution in [2.24, 2.45) is 11.0 Å². The van der Waals surface area contributed by atoms with Crippen molar-refractivity contribution < 1.29 is 19.1 Å². The molecule has 0 saturated heterocycles. The van der Waals surface area contributed by atoms with E-state index in [0.29, 0.717) is 22.6 Å². The molecule has 6 nitrogen and oxygen atoms in total. The highest BCUT2D eigenvalue weighted by atomic mass is 16.6. The molecule has 0 radical (unpaired) electrons. The lowest BCUT2D eigenvalue weighted by Gasteiger charge is -2.18. The predicted molar refractivity (Wildman–Crippen MR) is 112 cm³/mol. The van der Waals surface area contributed by atoms with Crippen molar-refractivity contribution >= 4 is 18.1 Å². The third-order valence-electron chi connectivity index (χ3n) is 4.70. The average molecular weight is 394 g/mol. The molecule has 1 N–H and O–H groups in total. The highest BCUT2D eigenvalue weighted by Crippen LogP contribution is 2.34. The Morgan fingerprint density at radius 1 is 1.07 bits per heavy atom. The van der Waals surface area contributed by atoms with Gasteiger partial charge >= 0.3 is 5.97 Å². The summed E-state index contributed by atoms with van der Waals surface area (Å²) in [6.45, 7) is 6.37. The van der Waals surface area contributed by atoms with Crippen molar-refractivity contribution in [3.63, 3.8) is 0 Å². The standard InChI is InChI=1S/C23H26N2O4/c1-23(2,3)18-10-8-16(9-11-18)21(26)25-24-14-15-5-12-19(20(13-15)28-4)29-22(27)17-6-7-17/h5,8-14,17H,6-7H2,1-4H3,(H,25,26)/b24-14-. The van der Waals surface area contributed by atoms with Crippen molar-refractivity contribution in [2.75, 3.05) is 7.11 Å². The Balaban J connectivity index is 1.61. The summed E-state index contributed by atoms with van der Waals surface area (Å²) in [6, 6.07) is 12.6. The van der Waals surface area contributed by atoms with Gasteiger partial charge in [-0.1, -0.05) is 32.9 Å². The Labute approximate surface area is 170 Å². The average Bonchev–Trinajstić information content (AvgIpc) is 3.53. The van der Waals surface area contributed by atoms with Gasteiger partial charge in [-0.05, 0) is 59.7 Å². The van der Waals surface area contributed by atoms with Crippen molar-refractivity contribution in [3.05, 3.63) is 59.2 Å². The van der Waals surface area contributed by atoms with Crippen LogP contribution in [0.2, 0.25) is 0 Å². The summed E-state index contributed by atoms with van der Waals surface area (Å²) in [5.74, 6) is 0.309.